The molecule has 0 fully saturated rings. The molecule has 0 spiro atoms. The summed E-state index contributed by atoms with van der Waals surface area (Å²) in [5.41, 5.74) is 1.17. The molecular weight excluding hydrogens is 288 g/mol. The molecule has 0 heterocycles. The van der Waals surface area contributed by atoms with E-state index in [0.717, 1.165) is 5.56 Å². The van der Waals surface area contributed by atoms with Gasteiger partial charge in [-0.3, -0.25) is 4.79 Å². The number of benzene rings is 1. The van der Waals surface area contributed by atoms with E-state index < -0.39 is 11.9 Å². The van der Waals surface area contributed by atoms with E-state index in [0.29, 0.717) is 5.33 Å². The van der Waals surface area contributed by atoms with Crippen molar-refractivity contribution in [3.8, 4) is 5.75 Å². The van der Waals surface area contributed by atoms with Crippen LogP contribution in [0.2, 0.25) is 0 Å². The maximum absolute atomic E-state index is 11.7. The first kappa shape index (κ1) is 13.7. The van der Waals surface area contributed by atoms with Gasteiger partial charge >= 0.3 is 11.9 Å². The molecule has 0 N–H and O–H groups in total. The normalized spacial score (nSPS) is 9.82. The molecule has 1 aromatic carbocycles. The highest BCUT2D eigenvalue weighted by Crippen LogP contribution is 2.22. The Hall–Kier alpha value is -1.36. The van der Waals surface area contributed by atoms with Crippen molar-refractivity contribution in [1.29, 1.82) is 0 Å². The monoisotopic (exact) mass is 300 g/mol. The van der Waals surface area contributed by atoms with Crippen LogP contribution in [0.4, 0.5) is 0 Å². The predicted octanol–water partition coefficient (Wildman–Crippen LogP) is 2.68. The summed E-state index contributed by atoms with van der Waals surface area (Å²) in [6, 6.07) is 5.00. The zero-order valence-electron chi connectivity index (χ0n) is 9.66. The lowest BCUT2D eigenvalue weighted by molar-refractivity contribution is -0.131. The number of carbonyl (C=O) groups excluding carboxylic acids is 2. The van der Waals surface area contributed by atoms with Crippen LogP contribution in [-0.4, -0.2) is 18.5 Å². The summed E-state index contributed by atoms with van der Waals surface area (Å²) in [6.07, 6.45) is 0. The van der Waals surface area contributed by atoms with Gasteiger partial charge in [0.05, 0.1) is 6.61 Å². The number of carbonyl (C=O) groups is 2. The van der Waals surface area contributed by atoms with Crippen LogP contribution >= 0.6 is 15.9 Å². The van der Waals surface area contributed by atoms with Crippen LogP contribution in [0.3, 0.4) is 0 Å². The van der Waals surface area contributed by atoms with Gasteiger partial charge in [-0.2, -0.15) is 0 Å². The summed E-state index contributed by atoms with van der Waals surface area (Å²) in [5, 5.41) is 0.611. The Bertz CT molecular complexity index is 429. The summed E-state index contributed by atoms with van der Waals surface area (Å²) in [4.78, 5) is 22.6. The molecule has 17 heavy (non-hydrogen) atoms. The van der Waals surface area contributed by atoms with Crippen molar-refractivity contribution in [3.63, 3.8) is 0 Å². The van der Waals surface area contributed by atoms with Crippen molar-refractivity contribution in [2.75, 3.05) is 6.61 Å². The van der Waals surface area contributed by atoms with Gasteiger partial charge in [-0.1, -0.05) is 22.0 Å². The number of ether oxygens (including phenoxy) is 2. The zero-order valence-corrected chi connectivity index (χ0v) is 11.2. The highest BCUT2D eigenvalue weighted by molar-refractivity contribution is 9.08. The topological polar surface area (TPSA) is 52.6 Å². The van der Waals surface area contributed by atoms with Gasteiger partial charge in [0.15, 0.2) is 0 Å². The van der Waals surface area contributed by atoms with E-state index in [1.54, 1.807) is 25.1 Å². The van der Waals surface area contributed by atoms with Crippen molar-refractivity contribution >= 4 is 27.9 Å². The van der Waals surface area contributed by atoms with Crippen LogP contribution < -0.4 is 4.74 Å². The Kier molecular flexibility index (Phi) is 5.15. The van der Waals surface area contributed by atoms with Crippen LogP contribution in [-0.2, 0) is 14.9 Å². The lowest BCUT2D eigenvalue weighted by Crippen LogP contribution is -2.10. The number of halogens is 1. The summed E-state index contributed by atoms with van der Waals surface area (Å²) in [7, 11) is 0. The lowest BCUT2D eigenvalue weighted by Gasteiger charge is -2.09. The average molecular weight is 301 g/mol. The van der Waals surface area contributed by atoms with Gasteiger partial charge in [0.2, 0.25) is 0 Å². The van der Waals surface area contributed by atoms with Crippen molar-refractivity contribution in [2.24, 2.45) is 0 Å². The fourth-order valence-electron chi connectivity index (χ4n) is 1.27. The first-order valence-electron chi connectivity index (χ1n) is 5.13. The van der Waals surface area contributed by atoms with E-state index in [9.17, 15) is 9.59 Å². The lowest BCUT2D eigenvalue weighted by atomic mass is 10.1. The summed E-state index contributed by atoms with van der Waals surface area (Å²) in [6.45, 7) is 3.28. The van der Waals surface area contributed by atoms with Gasteiger partial charge in [-0.25, -0.2) is 4.79 Å². The second kappa shape index (κ2) is 6.39. The smallest absolute Gasteiger partial charge is 0.341 e. The molecule has 0 amide bonds. The van der Waals surface area contributed by atoms with E-state index in [1.807, 2.05) is 0 Å². The van der Waals surface area contributed by atoms with Gasteiger partial charge < -0.3 is 9.47 Å². The summed E-state index contributed by atoms with van der Waals surface area (Å²) >= 11 is 3.30. The molecule has 92 valence electrons. The molecule has 0 atom stereocenters. The number of hydrogen-bond acceptors (Lipinski definition) is 4. The zero-order chi connectivity index (χ0) is 12.8. The molecule has 1 aromatic rings. The highest BCUT2D eigenvalue weighted by atomic mass is 79.9. The fraction of sp³-hybridized carbons (Fsp3) is 0.333. The fourth-order valence-corrected chi connectivity index (χ4v) is 1.62. The minimum atomic E-state index is -0.494. The Labute approximate surface area is 108 Å². The molecule has 0 aliphatic heterocycles. The van der Waals surface area contributed by atoms with Gasteiger partial charge in [0.25, 0.3) is 0 Å². The van der Waals surface area contributed by atoms with Crippen molar-refractivity contribution in [1.82, 2.24) is 0 Å². The van der Waals surface area contributed by atoms with E-state index in [4.69, 9.17) is 9.47 Å². The quantitative estimate of drug-likeness (QED) is 0.487. The van der Waals surface area contributed by atoms with Crippen LogP contribution in [0.5, 0.6) is 5.75 Å². The van der Waals surface area contributed by atoms with Crippen molar-refractivity contribution in [2.45, 2.75) is 19.2 Å². The first-order valence-corrected chi connectivity index (χ1v) is 6.25. The van der Waals surface area contributed by atoms with Crippen LogP contribution in [0.1, 0.15) is 29.8 Å². The predicted molar refractivity (Wildman–Crippen MR) is 66.3 cm³/mol. The van der Waals surface area contributed by atoms with E-state index in [-0.39, 0.29) is 17.9 Å². The standard InChI is InChI=1S/C12H13BrO4/c1-3-16-12(15)10-6-9(7-13)4-5-11(10)17-8(2)14/h4-6H,3,7H2,1-2H3. The molecule has 1 rings (SSSR count). The van der Waals surface area contributed by atoms with E-state index in [2.05, 4.69) is 15.9 Å². The number of alkyl halides is 1. The molecule has 0 saturated heterocycles. The summed E-state index contributed by atoms with van der Waals surface area (Å²) in [5.74, 6) is -0.741. The minimum absolute atomic E-state index is 0.223. The molecule has 0 unspecified atom stereocenters. The number of rotatable bonds is 4. The Balaban J connectivity index is 3.10. The van der Waals surface area contributed by atoms with E-state index >= 15 is 0 Å². The molecule has 5 heteroatoms. The second-order valence-corrected chi connectivity index (χ2v) is 3.84. The molecule has 0 aliphatic carbocycles. The molecule has 0 bridgehead atoms. The molecular formula is C12H13BrO4. The van der Waals surface area contributed by atoms with Crippen LogP contribution in [0, 0.1) is 0 Å². The van der Waals surface area contributed by atoms with E-state index in [1.165, 1.54) is 6.92 Å². The van der Waals surface area contributed by atoms with Crippen molar-refractivity contribution < 1.29 is 19.1 Å². The molecule has 0 radical (unpaired) electrons. The molecule has 0 saturated carbocycles. The van der Waals surface area contributed by atoms with Gasteiger partial charge in [0.1, 0.15) is 11.3 Å². The highest BCUT2D eigenvalue weighted by Gasteiger charge is 2.15. The number of hydrogen-bond donors (Lipinski definition) is 0. The van der Waals surface area contributed by atoms with Crippen LogP contribution in [0.25, 0.3) is 0 Å². The Morgan fingerprint density at radius 3 is 2.59 bits per heavy atom. The maximum atomic E-state index is 11.7. The molecule has 4 nitrogen and oxygen atoms in total. The van der Waals surface area contributed by atoms with Gasteiger partial charge in [0, 0.05) is 12.3 Å². The SMILES string of the molecule is CCOC(=O)c1cc(CBr)ccc1OC(C)=O. The third-order valence-electron chi connectivity index (χ3n) is 1.95. The largest absolute Gasteiger partial charge is 0.462 e. The minimum Gasteiger partial charge on any atom is -0.462 e. The summed E-state index contributed by atoms with van der Waals surface area (Å²) < 4.78 is 9.86. The average Bonchev–Trinajstić information content (AvgIpc) is 2.29. The third kappa shape index (κ3) is 3.85. The maximum Gasteiger partial charge on any atom is 0.341 e. The third-order valence-corrected chi connectivity index (χ3v) is 2.59. The van der Waals surface area contributed by atoms with Gasteiger partial charge in [-0.15, -0.1) is 0 Å². The Morgan fingerprint density at radius 2 is 2.06 bits per heavy atom. The van der Waals surface area contributed by atoms with Crippen LogP contribution in [0.15, 0.2) is 18.2 Å². The first-order chi connectivity index (χ1) is 8.08. The Morgan fingerprint density at radius 1 is 1.35 bits per heavy atom. The molecule has 0 aromatic heterocycles. The molecule has 0 aliphatic rings. The number of esters is 2. The van der Waals surface area contributed by atoms with Gasteiger partial charge in [-0.05, 0) is 24.6 Å². The second-order valence-electron chi connectivity index (χ2n) is 3.28. The van der Waals surface area contributed by atoms with Crippen molar-refractivity contribution in [3.05, 3.63) is 29.3 Å².